The highest BCUT2D eigenvalue weighted by molar-refractivity contribution is 7.89. The van der Waals surface area contributed by atoms with E-state index in [9.17, 15) is 13.2 Å². The topological polar surface area (TPSA) is 66.5 Å². The van der Waals surface area contributed by atoms with E-state index in [-0.39, 0.29) is 10.8 Å². The molecule has 0 saturated carbocycles. The van der Waals surface area contributed by atoms with Gasteiger partial charge in [0.2, 0.25) is 15.9 Å². The van der Waals surface area contributed by atoms with Crippen molar-refractivity contribution in [3.05, 3.63) is 36.9 Å². The maximum Gasteiger partial charge on any atom is 0.247 e. The largest absolute Gasteiger partial charge is 0.323 e. The Hall–Kier alpha value is -1.66. The minimum Gasteiger partial charge on any atom is -0.323 e. The van der Waals surface area contributed by atoms with Crippen molar-refractivity contribution in [3.63, 3.8) is 0 Å². The number of piperidine rings is 1. The lowest BCUT2D eigenvalue weighted by atomic mass is 9.94. The second kappa shape index (κ2) is 6.62. The van der Waals surface area contributed by atoms with Crippen LogP contribution in [-0.4, -0.2) is 31.7 Å². The molecule has 2 unspecified atom stereocenters. The van der Waals surface area contributed by atoms with Gasteiger partial charge in [0.1, 0.15) is 0 Å². The molecule has 0 bridgehead atoms. The SMILES string of the molecule is C=CC(=O)Nc1ccc(S(=O)(=O)N2CC(C)CC(C)C2)cc1. The van der Waals surface area contributed by atoms with Gasteiger partial charge in [-0.25, -0.2) is 8.42 Å². The summed E-state index contributed by atoms with van der Waals surface area (Å²) >= 11 is 0. The van der Waals surface area contributed by atoms with E-state index >= 15 is 0 Å². The monoisotopic (exact) mass is 322 g/mol. The predicted octanol–water partition coefficient (Wildman–Crippen LogP) is 2.48. The molecular formula is C16H22N2O3S. The van der Waals surface area contributed by atoms with E-state index in [1.165, 1.54) is 18.2 Å². The van der Waals surface area contributed by atoms with Crippen LogP contribution in [0.25, 0.3) is 0 Å². The van der Waals surface area contributed by atoms with Crippen LogP contribution in [0, 0.1) is 11.8 Å². The Kier molecular flexibility index (Phi) is 5.03. The molecule has 5 nitrogen and oxygen atoms in total. The van der Waals surface area contributed by atoms with Crippen LogP contribution in [0.4, 0.5) is 5.69 Å². The van der Waals surface area contributed by atoms with Gasteiger partial charge >= 0.3 is 0 Å². The zero-order chi connectivity index (χ0) is 16.3. The van der Waals surface area contributed by atoms with Crippen LogP contribution < -0.4 is 5.32 Å². The Balaban J connectivity index is 2.19. The number of carbonyl (C=O) groups excluding carboxylic acids is 1. The van der Waals surface area contributed by atoms with Gasteiger partial charge in [-0.3, -0.25) is 4.79 Å². The van der Waals surface area contributed by atoms with Crippen LogP contribution >= 0.6 is 0 Å². The number of nitrogens with zero attached hydrogens (tertiary/aromatic N) is 1. The van der Waals surface area contributed by atoms with Gasteiger partial charge < -0.3 is 5.32 Å². The molecule has 2 rings (SSSR count). The standard InChI is InChI=1S/C16H22N2O3S/c1-4-16(19)17-14-5-7-15(8-6-14)22(20,21)18-10-12(2)9-13(3)11-18/h4-8,12-13H,1,9-11H2,2-3H3,(H,17,19). The van der Waals surface area contributed by atoms with Crippen molar-refractivity contribution in [2.75, 3.05) is 18.4 Å². The molecule has 0 aromatic heterocycles. The predicted molar refractivity (Wildman–Crippen MR) is 87.0 cm³/mol. The zero-order valence-corrected chi connectivity index (χ0v) is 13.8. The third kappa shape index (κ3) is 3.75. The van der Waals surface area contributed by atoms with Crippen LogP contribution in [0.3, 0.4) is 0 Å². The molecule has 22 heavy (non-hydrogen) atoms. The van der Waals surface area contributed by atoms with Crippen LogP contribution in [0.2, 0.25) is 0 Å². The van der Waals surface area contributed by atoms with Crippen molar-refractivity contribution in [1.29, 1.82) is 0 Å². The highest BCUT2D eigenvalue weighted by Gasteiger charge is 2.31. The summed E-state index contributed by atoms with van der Waals surface area (Å²) in [5.74, 6) is 0.406. The van der Waals surface area contributed by atoms with Gasteiger partial charge in [-0.1, -0.05) is 20.4 Å². The summed E-state index contributed by atoms with van der Waals surface area (Å²) in [6, 6.07) is 6.23. The molecule has 120 valence electrons. The van der Waals surface area contributed by atoms with Gasteiger partial charge in [0.15, 0.2) is 0 Å². The van der Waals surface area contributed by atoms with E-state index in [2.05, 4.69) is 25.7 Å². The van der Waals surface area contributed by atoms with Crippen molar-refractivity contribution < 1.29 is 13.2 Å². The third-order valence-corrected chi connectivity index (χ3v) is 5.63. The Morgan fingerprint density at radius 1 is 1.23 bits per heavy atom. The molecule has 1 aromatic rings. The quantitative estimate of drug-likeness (QED) is 0.866. The number of hydrogen-bond donors (Lipinski definition) is 1. The molecule has 1 amide bonds. The molecule has 1 heterocycles. The fraction of sp³-hybridized carbons (Fsp3) is 0.438. The minimum atomic E-state index is -3.48. The molecule has 1 saturated heterocycles. The van der Waals surface area contributed by atoms with E-state index < -0.39 is 10.0 Å². The summed E-state index contributed by atoms with van der Waals surface area (Å²) < 4.78 is 26.9. The second-order valence-electron chi connectivity index (χ2n) is 5.99. The lowest BCUT2D eigenvalue weighted by Crippen LogP contribution is -2.42. The van der Waals surface area contributed by atoms with Gasteiger partial charge in [0, 0.05) is 18.8 Å². The molecule has 1 fully saturated rings. The van der Waals surface area contributed by atoms with Gasteiger partial charge in [-0.05, 0) is 48.6 Å². The van der Waals surface area contributed by atoms with Crippen LogP contribution in [-0.2, 0) is 14.8 Å². The number of carbonyl (C=O) groups is 1. The summed E-state index contributed by atoms with van der Waals surface area (Å²) in [7, 11) is -3.48. The van der Waals surface area contributed by atoms with Crippen molar-refractivity contribution in [2.45, 2.75) is 25.2 Å². The smallest absolute Gasteiger partial charge is 0.247 e. The maximum atomic E-state index is 12.7. The fourth-order valence-electron chi connectivity index (χ4n) is 2.85. The van der Waals surface area contributed by atoms with Gasteiger partial charge in [-0.15, -0.1) is 0 Å². The van der Waals surface area contributed by atoms with Crippen LogP contribution in [0.5, 0.6) is 0 Å². The summed E-state index contributed by atoms with van der Waals surface area (Å²) in [6.45, 7) is 8.64. The normalized spacial score (nSPS) is 23.0. The Labute approximate surface area is 132 Å². The van der Waals surface area contributed by atoms with Crippen molar-refractivity contribution in [3.8, 4) is 0 Å². The Morgan fingerprint density at radius 3 is 2.27 bits per heavy atom. The van der Waals surface area contributed by atoms with E-state index in [0.717, 1.165) is 6.42 Å². The van der Waals surface area contributed by atoms with E-state index in [1.54, 1.807) is 16.4 Å². The summed E-state index contributed by atoms with van der Waals surface area (Å²) in [6.07, 6.45) is 2.22. The van der Waals surface area contributed by atoms with Crippen molar-refractivity contribution in [2.24, 2.45) is 11.8 Å². The first-order chi connectivity index (χ1) is 10.3. The lowest BCUT2D eigenvalue weighted by Gasteiger charge is -2.34. The van der Waals surface area contributed by atoms with Crippen LogP contribution in [0.1, 0.15) is 20.3 Å². The first kappa shape index (κ1) is 16.7. The van der Waals surface area contributed by atoms with E-state index in [1.807, 2.05) is 0 Å². The maximum absolute atomic E-state index is 12.7. The highest BCUT2D eigenvalue weighted by Crippen LogP contribution is 2.27. The molecule has 1 aliphatic rings. The molecule has 1 N–H and O–H groups in total. The zero-order valence-electron chi connectivity index (χ0n) is 13.0. The third-order valence-electron chi connectivity index (χ3n) is 3.78. The van der Waals surface area contributed by atoms with E-state index in [0.29, 0.717) is 30.6 Å². The number of nitrogens with one attached hydrogen (secondary N) is 1. The first-order valence-corrected chi connectivity index (χ1v) is 8.80. The molecule has 1 aromatic carbocycles. The number of hydrogen-bond acceptors (Lipinski definition) is 3. The van der Waals surface area contributed by atoms with Gasteiger partial charge in [-0.2, -0.15) is 4.31 Å². The Morgan fingerprint density at radius 2 is 1.77 bits per heavy atom. The second-order valence-corrected chi connectivity index (χ2v) is 7.92. The molecule has 2 atom stereocenters. The average Bonchev–Trinajstić information content (AvgIpc) is 2.46. The minimum absolute atomic E-state index is 0.255. The average molecular weight is 322 g/mol. The Bertz CT molecular complexity index is 642. The van der Waals surface area contributed by atoms with Gasteiger partial charge in [0.05, 0.1) is 4.90 Å². The fourth-order valence-corrected chi connectivity index (χ4v) is 4.53. The number of amides is 1. The van der Waals surface area contributed by atoms with Crippen LogP contribution in [0.15, 0.2) is 41.8 Å². The molecule has 0 radical (unpaired) electrons. The summed E-state index contributed by atoms with van der Waals surface area (Å²) in [5.41, 5.74) is 0.546. The molecule has 0 spiro atoms. The molecular weight excluding hydrogens is 300 g/mol. The molecule has 1 aliphatic heterocycles. The number of sulfonamides is 1. The van der Waals surface area contributed by atoms with Gasteiger partial charge in [0.25, 0.3) is 0 Å². The summed E-state index contributed by atoms with van der Waals surface area (Å²) in [5, 5.41) is 2.60. The number of anilines is 1. The number of benzene rings is 1. The number of rotatable bonds is 4. The van der Waals surface area contributed by atoms with Crippen molar-refractivity contribution >= 4 is 21.6 Å². The lowest BCUT2D eigenvalue weighted by molar-refractivity contribution is -0.111. The first-order valence-electron chi connectivity index (χ1n) is 7.36. The summed E-state index contributed by atoms with van der Waals surface area (Å²) in [4.78, 5) is 11.5. The molecule has 0 aliphatic carbocycles. The van der Waals surface area contributed by atoms with E-state index in [4.69, 9.17) is 0 Å². The highest BCUT2D eigenvalue weighted by atomic mass is 32.2. The molecule has 6 heteroatoms. The van der Waals surface area contributed by atoms with Crippen molar-refractivity contribution in [1.82, 2.24) is 4.31 Å².